The Hall–Kier alpha value is -2.32. The SMILES string of the molecule is CCC(CC)OC(=O)c1cnc(C(=O)O)c(OCC(F)(F)F)c1. The lowest BCUT2D eigenvalue weighted by Crippen LogP contribution is -2.21. The van der Waals surface area contributed by atoms with Crippen LogP contribution in [0.15, 0.2) is 12.3 Å². The maximum Gasteiger partial charge on any atom is 0.422 e. The van der Waals surface area contributed by atoms with Crippen LogP contribution in [0.5, 0.6) is 5.75 Å². The largest absolute Gasteiger partial charge is 0.482 e. The van der Waals surface area contributed by atoms with Crippen LogP contribution in [0.1, 0.15) is 47.5 Å². The van der Waals surface area contributed by atoms with Gasteiger partial charge >= 0.3 is 18.1 Å². The van der Waals surface area contributed by atoms with E-state index in [9.17, 15) is 22.8 Å². The Balaban J connectivity index is 3.03. The highest BCUT2D eigenvalue weighted by atomic mass is 19.4. The molecule has 6 nitrogen and oxygen atoms in total. The minimum Gasteiger partial charge on any atom is -0.482 e. The normalized spacial score (nSPS) is 11.4. The van der Waals surface area contributed by atoms with E-state index in [0.29, 0.717) is 12.8 Å². The number of rotatable bonds is 7. The van der Waals surface area contributed by atoms with Crippen molar-refractivity contribution in [2.45, 2.75) is 39.0 Å². The lowest BCUT2D eigenvalue weighted by Gasteiger charge is -2.15. The third kappa shape index (κ3) is 5.76. The van der Waals surface area contributed by atoms with E-state index >= 15 is 0 Å². The molecule has 0 saturated carbocycles. The van der Waals surface area contributed by atoms with E-state index in [1.807, 2.05) is 13.8 Å². The number of hydrogen-bond acceptors (Lipinski definition) is 5. The van der Waals surface area contributed by atoms with E-state index in [4.69, 9.17) is 9.84 Å². The number of hydrogen-bond donors (Lipinski definition) is 1. The first-order chi connectivity index (χ1) is 10.7. The molecule has 0 atom stereocenters. The second-order valence-electron chi connectivity index (χ2n) is 4.62. The lowest BCUT2D eigenvalue weighted by atomic mass is 10.2. The molecule has 23 heavy (non-hydrogen) atoms. The number of esters is 1. The molecular formula is C14H16F3NO5. The maximum absolute atomic E-state index is 12.2. The Bertz CT molecular complexity index is 570. The van der Waals surface area contributed by atoms with E-state index in [-0.39, 0.29) is 11.7 Å². The number of carboxylic acid groups (broad SMARTS) is 1. The number of carboxylic acids is 1. The molecule has 1 rings (SSSR count). The highest BCUT2D eigenvalue weighted by Gasteiger charge is 2.30. The maximum atomic E-state index is 12.2. The lowest BCUT2D eigenvalue weighted by molar-refractivity contribution is -0.153. The van der Waals surface area contributed by atoms with Gasteiger partial charge in [-0.05, 0) is 18.9 Å². The van der Waals surface area contributed by atoms with Crippen LogP contribution in [-0.4, -0.2) is 40.9 Å². The number of pyridine rings is 1. The summed E-state index contributed by atoms with van der Waals surface area (Å²) in [6.45, 7) is 1.93. The fourth-order valence-electron chi connectivity index (χ4n) is 1.66. The van der Waals surface area contributed by atoms with Crippen LogP contribution in [0.2, 0.25) is 0 Å². The van der Waals surface area contributed by atoms with Gasteiger partial charge in [0.05, 0.1) is 5.56 Å². The van der Waals surface area contributed by atoms with Crippen LogP contribution >= 0.6 is 0 Å². The van der Waals surface area contributed by atoms with Gasteiger partial charge in [0.15, 0.2) is 18.1 Å². The Morgan fingerprint density at radius 1 is 1.30 bits per heavy atom. The molecule has 0 aromatic carbocycles. The molecule has 0 unspecified atom stereocenters. The summed E-state index contributed by atoms with van der Waals surface area (Å²) in [4.78, 5) is 26.3. The molecule has 0 spiro atoms. The van der Waals surface area contributed by atoms with Crippen molar-refractivity contribution in [1.29, 1.82) is 0 Å². The van der Waals surface area contributed by atoms with Gasteiger partial charge in [0.1, 0.15) is 6.10 Å². The summed E-state index contributed by atoms with van der Waals surface area (Å²) in [7, 11) is 0. The highest BCUT2D eigenvalue weighted by Crippen LogP contribution is 2.23. The fraction of sp³-hybridized carbons (Fsp3) is 0.500. The third-order valence-corrected chi connectivity index (χ3v) is 2.87. The molecule has 128 valence electrons. The third-order valence-electron chi connectivity index (χ3n) is 2.87. The van der Waals surface area contributed by atoms with Crippen molar-refractivity contribution in [3.8, 4) is 5.75 Å². The molecule has 0 bridgehead atoms. The molecule has 1 aromatic heterocycles. The number of nitrogens with zero attached hydrogens (tertiary/aromatic N) is 1. The van der Waals surface area contributed by atoms with Crippen LogP contribution < -0.4 is 4.74 Å². The highest BCUT2D eigenvalue weighted by molar-refractivity contribution is 5.93. The molecule has 0 radical (unpaired) electrons. The summed E-state index contributed by atoms with van der Waals surface area (Å²) < 4.78 is 46.2. The van der Waals surface area contributed by atoms with Gasteiger partial charge in [-0.3, -0.25) is 0 Å². The van der Waals surface area contributed by atoms with Crippen LogP contribution in [0.3, 0.4) is 0 Å². The quantitative estimate of drug-likeness (QED) is 0.771. The second-order valence-corrected chi connectivity index (χ2v) is 4.62. The topological polar surface area (TPSA) is 85.7 Å². The predicted molar refractivity (Wildman–Crippen MR) is 72.5 cm³/mol. The summed E-state index contributed by atoms with van der Waals surface area (Å²) in [5, 5.41) is 8.91. The summed E-state index contributed by atoms with van der Waals surface area (Å²) >= 11 is 0. The number of halogens is 3. The summed E-state index contributed by atoms with van der Waals surface area (Å²) in [5.74, 6) is -3.02. The average Bonchev–Trinajstić information content (AvgIpc) is 2.49. The molecule has 0 saturated heterocycles. The van der Waals surface area contributed by atoms with Crippen molar-refractivity contribution in [2.75, 3.05) is 6.61 Å². The number of aromatic nitrogens is 1. The molecule has 1 heterocycles. The molecule has 1 aromatic rings. The van der Waals surface area contributed by atoms with Crippen molar-refractivity contribution in [3.63, 3.8) is 0 Å². The van der Waals surface area contributed by atoms with Gasteiger partial charge in [-0.2, -0.15) is 13.2 Å². The standard InChI is InChI=1S/C14H16F3NO5/c1-3-9(4-2)23-13(21)8-5-10(22-7-14(15,16)17)11(12(19)20)18-6-8/h5-6,9H,3-4,7H2,1-2H3,(H,19,20). The monoisotopic (exact) mass is 335 g/mol. The predicted octanol–water partition coefficient (Wildman–Crippen LogP) is 3.07. The van der Waals surface area contributed by atoms with Gasteiger partial charge < -0.3 is 14.6 Å². The number of carbonyl (C=O) groups excluding carboxylic acids is 1. The first-order valence-corrected chi connectivity index (χ1v) is 6.81. The molecule has 0 fully saturated rings. The second kappa shape index (κ2) is 7.80. The van der Waals surface area contributed by atoms with Crippen LogP contribution in [0, 0.1) is 0 Å². The summed E-state index contributed by atoms with van der Waals surface area (Å²) in [6, 6.07) is 0.882. The summed E-state index contributed by atoms with van der Waals surface area (Å²) in [5.41, 5.74) is -0.896. The Morgan fingerprint density at radius 3 is 2.39 bits per heavy atom. The fourth-order valence-corrected chi connectivity index (χ4v) is 1.66. The van der Waals surface area contributed by atoms with Gasteiger partial charge in [0.2, 0.25) is 0 Å². The number of ether oxygens (including phenoxy) is 2. The van der Waals surface area contributed by atoms with Crippen LogP contribution in [0.4, 0.5) is 13.2 Å². The van der Waals surface area contributed by atoms with E-state index in [2.05, 4.69) is 9.72 Å². The van der Waals surface area contributed by atoms with Crippen LogP contribution in [-0.2, 0) is 4.74 Å². The van der Waals surface area contributed by atoms with E-state index < -0.39 is 36.2 Å². The summed E-state index contributed by atoms with van der Waals surface area (Å²) in [6.07, 6.45) is -2.93. The zero-order valence-electron chi connectivity index (χ0n) is 12.5. The first kappa shape index (κ1) is 18.7. The van der Waals surface area contributed by atoms with Gasteiger partial charge in [0, 0.05) is 6.20 Å². The molecule has 9 heteroatoms. The molecule has 0 aliphatic heterocycles. The zero-order chi connectivity index (χ0) is 17.6. The van der Waals surface area contributed by atoms with E-state index in [1.165, 1.54) is 0 Å². The van der Waals surface area contributed by atoms with Crippen molar-refractivity contribution >= 4 is 11.9 Å². The Kier molecular flexibility index (Phi) is 6.35. The minimum absolute atomic E-state index is 0.181. The Labute approximate surface area is 130 Å². The number of aromatic carboxylic acids is 1. The Morgan fingerprint density at radius 2 is 1.91 bits per heavy atom. The van der Waals surface area contributed by atoms with E-state index in [1.54, 1.807) is 0 Å². The van der Waals surface area contributed by atoms with Crippen LogP contribution in [0.25, 0.3) is 0 Å². The van der Waals surface area contributed by atoms with Crippen molar-refractivity contribution < 1.29 is 37.3 Å². The van der Waals surface area contributed by atoms with Gasteiger partial charge in [-0.15, -0.1) is 0 Å². The molecule has 0 amide bonds. The van der Waals surface area contributed by atoms with Gasteiger partial charge in [-0.25, -0.2) is 14.6 Å². The van der Waals surface area contributed by atoms with Crippen molar-refractivity contribution in [2.24, 2.45) is 0 Å². The number of alkyl halides is 3. The van der Waals surface area contributed by atoms with Crippen molar-refractivity contribution in [3.05, 3.63) is 23.5 Å². The molecular weight excluding hydrogens is 319 g/mol. The molecule has 0 aliphatic rings. The minimum atomic E-state index is -4.65. The molecule has 1 N–H and O–H groups in total. The van der Waals surface area contributed by atoms with Gasteiger partial charge in [0.25, 0.3) is 0 Å². The smallest absolute Gasteiger partial charge is 0.422 e. The number of carbonyl (C=O) groups is 2. The molecule has 0 aliphatic carbocycles. The average molecular weight is 335 g/mol. The van der Waals surface area contributed by atoms with Crippen molar-refractivity contribution in [1.82, 2.24) is 4.98 Å². The van der Waals surface area contributed by atoms with E-state index in [0.717, 1.165) is 12.3 Å². The zero-order valence-corrected chi connectivity index (χ0v) is 12.5. The first-order valence-electron chi connectivity index (χ1n) is 6.81. The van der Waals surface area contributed by atoms with Gasteiger partial charge in [-0.1, -0.05) is 13.8 Å².